The monoisotopic (exact) mass is 497 g/mol. The maximum atomic E-state index is 13.1. The van der Waals surface area contributed by atoms with Crippen LogP contribution in [0.2, 0.25) is 10.0 Å². The first-order valence-electron chi connectivity index (χ1n) is 9.61. The molecule has 2 aromatic rings. The molecule has 1 aliphatic heterocycles. The fraction of sp³-hybridized carbons (Fsp3) is 0.333. The lowest BCUT2D eigenvalue weighted by atomic mass is 9.80. The Hall–Kier alpha value is -2.46. The molecule has 2 heterocycles. The van der Waals surface area contributed by atoms with Crippen LogP contribution in [0.3, 0.4) is 0 Å². The number of rotatable bonds is 8. The SMILES string of the molecule is CCOC(=O)C1=C(COCc2nncs2)NC(C)=C(C(=O)OC)C1c1cccc(Cl)c1Cl. The van der Waals surface area contributed by atoms with Gasteiger partial charge < -0.3 is 19.5 Å². The van der Waals surface area contributed by atoms with Gasteiger partial charge in [0.2, 0.25) is 0 Å². The topological polar surface area (TPSA) is 99.6 Å². The highest BCUT2D eigenvalue weighted by Crippen LogP contribution is 2.43. The second-order valence-corrected chi connectivity index (χ2v) is 8.37. The van der Waals surface area contributed by atoms with E-state index >= 15 is 0 Å². The van der Waals surface area contributed by atoms with E-state index < -0.39 is 17.9 Å². The minimum Gasteiger partial charge on any atom is -0.466 e. The molecule has 1 atom stereocenters. The Morgan fingerprint density at radius 2 is 1.97 bits per heavy atom. The number of halogens is 2. The Morgan fingerprint density at radius 1 is 1.19 bits per heavy atom. The van der Waals surface area contributed by atoms with Crippen LogP contribution in [0.1, 0.15) is 30.3 Å². The van der Waals surface area contributed by atoms with Gasteiger partial charge in [0.25, 0.3) is 0 Å². The number of methoxy groups -OCH3 is 1. The van der Waals surface area contributed by atoms with Crippen LogP contribution >= 0.6 is 34.5 Å². The number of dihydropyridines is 1. The molecule has 0 saturated carbocycles. The van der Waals surface area contributed by atoms with Gasteiger partial charge in [0.05, 0.1) is 53.1 Å². The van der Waals surface area contributed by atoms with Gasteiger partial charge in [-0.05, 0) is 25.5 Å². The summed E-state index contributed by atoms with van der Waals surface area (Å²) in [6, 6.07) is 5.03. The fourth-order valence-corrected chi connectivity index (χ4v) is 4.27. The molecule has 0 spiro atoms. The summed E-state index contributed by atoms with van der Waals surface area (Å²) in [4.78, 5) is 25.8. The Morgan fingerprint density at radius 3 is 2.62 bits per heavy atom. The average molecular weight is 498 g/mol. The van der Waals surface area contributed by atoms with E-state index in [2.05, 4.69) is 15.5 Å². The Bertz CT molecular complexity index is 1070. The number of allylic oxidation sites excluding steroid dienone is 1. The quantitative estimate of drug-likeness (QED) is 0.545. The molecule has 0 aliphatic carbocycles. The maximum absolute atomic E-state index is 13.1. The van der Waals surface area contributed by atoms with Gasteiger partial charge in [-0.3, -0.25) is 0 Å². The molecular weight excluding hydrogens is 477 g/mol. The van der Waals surface area contributed by atoms with E-state index in [-0.39, 0.29) is 36.0 Å². The first kappa shape index (κ1) is 24.2. The van der Waals surface area contributed by atoms with Crippen molar-refractivity contribution in [3.8, 4) is 0 Å². The zero-order chi connectivity index (χ0) is 23.3. The number of carbonyl (C=O) groups is 2. The van der Waals surface area contributed by atoms with Crippen molar-refractivity contribution in [3.05, 3.63) is 66.9 Å². The van der Waals surface area contributed by atoms with Crippen molar-refractivity contribution in [3.63, 3.8) is 0 Å². The molecule has 1 aromatic carbocycles. The number of esters is 2. The smallest absolute Gasteiger partial charge is 0.336 e. The van der Waals surface area contributed by atoms with Crippen LogP contribution in [0.4, 0.5) is 0 Å². The van der Waals surface area contributed by atoms with Crippen molar-refractivity contribution in [2.45, 2.75) is 26.4 Å². The number of hydrogen-bond donors (Lipinski definition) is 1. The van der Waals surface area contributed by atoms with Gasteiger partial charge in [-0.15, -0.1) is 21.5 Å². The summed E-state index contributed by atoms with van der Waals surface area (Å²) in [7, 11) is 1.27. The number of hydrogen-bond acceptors (Lipinski definition) is 9. The fourth-order valence-electron chi connectivity index (χ4n) is 3.39. The summed E-state index contributed by atoms with van der Waals surface area (Å²) in [5, 5.41) is 12.0. The summed E-state index contributed by atoms with van der Waals surface area (Å²) in [6.07, 6.45) is 0. The Labute approximate surface area is 199 Å². The van der Waals surface area contributed by atoms with Gasteiger partial charge in [0, 0.05) is 5.70 Å². The summed E-state index contributed by atoms with van der Waals surface area (Å²) < 4.78 is 16.1. The van der Waals surface area contributed by atoms with Crippen molar-refractivity contribution in [2.75, 3.05) is 20.3 Å². The number of ether oxygens (including phenoxy) is 3. The summed E-state index contributed by atoms with van der Waals surface area (Å²) in [5.74, 6) is -2.08. The molecule has 0 amide bonds. The van der Waals surface area contributed by atoms with Crippen molar-refractivity contribution < 1.29 is 23.8 Å². The molecule has 11 heteroatoms. The third kappa shape index (κ3) is 5.12. The van der Waals surface area contributed by atoms with E-state index in [0.29, 0.717) is 27.0 Å². The summed E-state index contributed by atoms with van der Waals surface area (Å²) >= 11 is 14.1. The van der Waals surface area contributed by atoms with Gasteiger partial charge in [0.15, 0.2) is 0 Å². The number of benzene rings is 1. The van der Waals surface area contributed by atoms with Gasteiger partial charge in [-0.2, -0.15) is 0 Å². The van der Waals surface area contributed by atoms with Gasteiger partial charge in [-0.25, -0.2) is 9.59 Å². The average Bonchev–Trinajstić information content (AvgIpc) is 3.28. The molecular formula is C21H21Cl2N3O5S. The minimum atomic E-state index is -0.867. The lowest BCUT2D eigenvalue weighted by Crippen LogP contribution is -2.34. The van der Waals surface area contributed by atoms with E-state index in [4.69, 9.17) is 37.4 Å². The van der Waals surface area contributed by atoms with Crippen molar-refractivity contribution in [1.29, 1.82) is 0 Å². The van der Waals surface area contributed by atoms with Gasteiger partial charge in [-0.1, -0.05) is 35.3 Å². The molecule has 0 fully saturated rings. The lowest BCUT2D eigenvalue weighted by molar-refractivity contribution is -0.139. The first-order valence-corrected chi connectivity index (χ1v) is 11.3. The van der Waals surface area contributed by atoms with Gasteiger partial charge in [0.1, 0.15) is 17.1 Å². The molecule has 1 unspecified atom stereocenters. The maximum Gasteiger partial charge on any atom is 0.336 e. The second kappa shape index (κ2) is 10.9. The molecule has 170 valence electrons. The number of nitrogens with zero attached hydrogens (tertiary/aromatic N) is 2. The van der Waals surface area contributed by atoms with E-state index in [0.717, 1.165) is 0 Å². The van der Waals surface area contributed by atoms with E-state index in [1.165, 1.54) is 18.4 Å². The van der Waals surface area contributed by atoms with Crippen LogP contribution in [-0.4, -0.2) is 42.5 Å². The molecule has 1 aromatic heterocycles. The standard InChI is InChI=1S/C21H21Cl2N3O5S/c1-4-31-21(28)18-14(8-30-9-15-26-24-10-32-15)25-11(2)16(20(27)29-3)17(18)12-6-5-7-13(22)19(12)23/h5-7,10,17,25H,4,8-9H2,1-3H3. The third-order valence-electron chi connectivity index (χ3n) is 4.72. The predicted molar refractivity (Wildman–Crippen MR) is 120 cm³/mol. The Kier molecular flexibility index (Phi) is 8.25. The van der Waals surface area contributed by atoms with Crippen LogP contribution in [-0.2, 0) is 30.4 Å². The second-order valence-electron chi connectivity index (χ2n) is 6.67. The van der Waals surface area contributed by atoms with Gasteiger partial charge >= 0.3 is 11.9 Å². The van der Waals surface area contributed by atoms with Crippen LogP contribution in [0.5, 0.6) is 0 Å². The highest BCUT2D eigenvalue weighted by Gasteiger charge is 2.40. The van der Waals surface area contributed by atoms with Crippen molar-refractivity contribution in [1.82, 2.24) is 15.5 Å². The normalized spacial score (nSPS) is 16.1. The molecule has 32 heavy (non-hydrogen) atoms. The molecule has 1 N–H and O–H groups in total. The van der Waals surface area contributed by atoms with E-state index in [1.54, 1.807) is 37.6 Å². The molecule has 3 rings (SSSR count). The van der Waals surface area contributed by atoms with Crippen LogP contribution < -0.4 is 5.32 Å². The highest BCUT2D eigenvalue weighted by atomic mass is 35.5. The van der Waals surface area contributed by atoms with E-state index in [9.17, 15) is 9.59 Å². The zero-order valence-electron chi connectivity index (χ0n) is 17.6. The largest absolute Gasteiger partial charge is 0.466 e. The van der Waals surface area contributed by atoms with Crippen LogP contribution in [0.15, 0.2) is 46.2 Å². The molecule has 0 bridgehead atoms. The van der Waals surface area contributed by atoms with Crippen LogP contribution in [0, 0.1) is 0 Å². The summed E-state index contributed by atoms with van der Waals surface area (Å²) in [5.41, 5.74) is 3.45. The van der Waals surface area contributed by atoms with Crippen LogP contribution in [0.25, 0.3) is 0 Å². The molecule has 1 aliphatic rings. The number of aromatic nitrogens is 2. The minimum absolute atomic E-state index is 0.0359. The Balaban J connectivity index is 2.11. The third-order valence-corrected chi connectivity index (χ3v) is 6.22. The highest BCUT2D eigenvalue weighted by molar-refractivity contribution is 7.09. The first-order chi connectivity index (χ1) is 15.4. The van der Waals surface area contributed by atoms with Crippen molar-refractivity contribution in [2.24, 2.45) is 0 Å². The van der Waals surface area contributed by atoms with Crippen molar-refractivity contribution >= 4 is 46.5 Å². The number of carbonyl (C=O) groups excluding carboxylic acids is 2. The molecule has 8 nitrogen and oxygen atoms in total. The molecule has 0 radical (unpaired) electrons. The lowest BCUT2D eigenvalue weighted by Gasteiger charge is -2.31. The summed E-state index contributed by atoms with van der Waals surface area (Å²) in [6.45, 7) is 3.80. The molecule has 0 saturated heterocycles. The number of nitrogens with one attached hydrogen (secondary N) is 1. The predicted octanol–water partition coefficient (Wildman–Crippen LogP) is 4.01. The zero-order valence-corrected chi connectivity index (χ0v) is 19.9. The van der Waals surface area contributed by atoms with E-state index in [1.807, 2.05) is 0 Å².